The molecular weight excluding hydrogens is 711 g/mol. The minimum Gasteiger partial charge on any atom is -0.875 e. The average Bonchev–Trinajstić information content (AvgIpc) is 3.99. The van der Waals surface area contributed by atoms with Crippen molar-refractivity contribution < 1.29 is 24.9 Å². The largest absolute Gasteiger partial charge is 0.875 e. The Hall–Kier alpha value is -5.10. The number of phenols is 2. The van der Waals surface area contributed by atoms with Gasteiger partial charge in [-0.2, -0.15) is 0 Å². The number of aryl methyl sites for hydroxylation is 1. The van der Waals surface area contributed by atoms with E-state index in [1.807, 2.05) is 48.5 Å². The second kappa shape index (κ2) is 17.6. The number of carbonyl (C=O) groups excluding carboxylic acids is 1. The maximum absolute atomic E-state index is 13.7. The summed E-state index contributed by atoms with van der Waals surface area (Å²) in [5.41, 5.74) is 18.5. The van der Waals surface area contributed by atoms with Gasteiger partial charge in [0.2, 0.25) is 0 Å². The highest BCUT2D eigenvalue weighted by Gasteiger charge is 2.36. The van der Waals surface area contributed by atoms with Crippen molar-refractivity contribution in [1.29, 1.82) is 0 Å². The number of aliphatic imine (C=N–C) groups is 1. The predicted octanol–water partition coefficient (Wildman–Crippen LogP) is 8.47. The molecule has 3 aliphatic carbocycles. The van der Waals surface area contributed by atoms with E-state index in [1.165, 1.54) is 64.2 Å². The van der Waals surface area contributed by atoms with Crippen LogP contribution in [0.1, 0.15) is 136 Å². The highest BCUT2D eigenvalue weighted by molar-refractivity contribution is 6.06. The first-order valence-corrected chi connectivity index (χ1v) is 20.8. The fourth-order valence-electron chi connectivity index (χ4n) is 9.24. The van der Waals surface area contributed by atoms with E-state index in [1.54, 1.807) is 24.4 Å². The van der Waals surface area contributed by atoms with Crippen molar-refractivity contribution in [2.75, 3.05) is 6.61 Å². The molecule has 8 heteroatoms. The summed E-state index contributed by atoms with van der Waals surface area (Å²) in [5.74, 6) is 6.44. The molecule has 0 spiro atoms. The van der Waals surface area contributed by atoms with Gasteiger partial charge in [-0.25, -0.2) is 0 Å². The highest BCUT2D eigenvalue weighted by Crippen LogP contribution is 2.49. The Balaban J connectivity index is 1.01. The van der Waals surface area contributed by atoms with Crippen LogP contribution in [0.2, 0.25) is 0 Å². The number of hydrogen-bond acceptors (Lipinski definition) is 8. The molecule has 57 heavy (non-hydrogen) atoms. The van der Waals surface area contributed by atoms with Crippen molar-refractivity contribution in [3.05, 3.63) is 124 Å². The van der Waals surface area contributed by atoms with Crippen molar-refractivity contribution in [1.82, 2.24) is 0 Å². The second-order valence-electron chi connectivity index (χ2n) is 17.0. The number of ketones is 1. The Bertz CT molecular complexity index is 2150. The fourth-order valence-corrected chi connectivity index (χ4v) is 9.24. The average molecular weight is 767 g/mol. The number of phenolic OH excluding ortho intramolecular Hbond substituents is 2. The normalized spacial score (nSPS) is 19.6. The number of aromatic hydroxyl groups is 2. The molecule has 8 nitrogen and oxygen atoms in total. The van der Waals surface area contributed by atoms with E-state index in [-0.39, 0.29) is 41.5 Å². The minimum atomic E-state index is -0.689. The van der Waals surface area contributed by atoms with Crippen LogP contribution < -0.4 is 21.3 Å². The molecule has 2 saturated carbocycles. The molecular formula is C49H56N3O5-. The van der Waals surface area contributed by atoms with Gasteiger partial charge < -0.3 is 31.5 Å². The van der Waals surface area contributed by atoms with Gasteiger partial charge >= 0.3 is 0 Å². The number of nitrogens with two attached hydrogens (primary N) is 2. The van der Waals surface area contributed by atoms with E-state index in [0.29, 0.717) is 59.3 Å². The lowest BCUT2D eigenvalue weighted by Gasteiger charge is -2.31. The second-order valence-corrected chi connectivity index (χ2v) is 17.0. The van der Waals surface area contributed by atoms with E-state index in [2.05, 4.69) is 29.8 Å². The fraction of sp³-hybridized carbons (Fsp3) is 0.429. The number of hydrogen-bond donors (Lipinski definition) is 4. The van der Waals surface area contributed by atoms with Gasteiger partial charge in [0.15, 0.2) is 17.3 Å². The number of rotatable bonds is 14. The van der Waals surface area contributed by atoms with Gasteiger partial charge in [0.1, 0.15) is 5.75 Å². The molecule has 0 saturated heterocycles. The van der Waals surface area contributed by atoms with Gasteiger partial charge in [-0.1, -0.05) is 80.9 Å². The van der Waals surface area contributed by atoms with Gasteiger partial charge in [-0.05, 0) is 126 Å². The predicted molar refractivity (Wildman–Crippen MR) is 224 cm³/mol. The molecule has 6 N–H and O–H groups in total. The molecule has 3 aromatic carbocycles. The first kappa shape index (κ1) is 40.1. The lowest BCUT2D eigenvalue weighted by atomic mass is 9.74. The smallest absolute Gasteiger partial charge is 0.161 e. The summed E-state index contributed by atoms with van der Waals surface area (Å²) in [7, 11) is 0. The number of ether oxygens (including phenoxy) is 1. The standard InChI is InChI=1S/C49H57N3O5/c1-48(20-2-3-21-48)25-26-49(22-4-5-23-49)24-17-37(53)13-9-33-11-16-44(55)46(30-33)57-28-19-34-10-15-43(54)41(29-34)40-32-45(56)39-18-27-52-42(39)8-6-7-35-31-36(47(50)51)12-14-38(35)40/h10-12,14-18,24,27,29-31,40,47,54-56H,2-5,8-9,13,19-23,25-26,28,32,50-51H2,1H3/p-1. The molecule has 3 aromatic rings. The quantitative estimate of drug-likeness (QED) is 0.0729. The first-order valence-electron chi connectivity index (χ1n) is 20.8. The maximum Gasteiger partial charge on any atom is 0.161 e. The Morgan fingerprint density at radius 2 is 1.68 bits per heavy atom. The number of carbonyl (C=O) groups is 1. The number of nitrogens with zero attached hydrogens (tertiary/aromatic N) is 1. The van der Waals surface area contributed by atoms with Gasteiger partial charge in [-0.15, -0.1) is 5.76 Å². The van der Waals surface area contributed by atoms with Gasteiger partial charge in [0.25, 0.3) is 0 Å². The molecule has 2 fully saturated rings. The zero-order valence-electron chi connectivity index (χ0n) is 33.2. The van der Waals surface area contributed by atoms with Crippen LogP contribution in [0.15, 0.2) is 95.3 Å². The molecule has 1 aliphatic heterocycles. The highest BCUT2D eigenvalue weighted by atomic mass is 16.5. The molecule has 7 rings (SSSR count). The van der Waals surface area contributed by atoms with Crippen molar-refractivity contribution >= 4 is 11.5 Å². The van der Waals surface area contributed by atoms with E-state index < -0.39 is 12.1 Å². The van der Waals surface area contributed by atoms with Crippen LogP contribution in [0.5, 0.6) is 17.2 Å². The van der Waals surface area contributed by atoms with Crippen molar-refractivity contribution in [3.8, 4) is 29.1 Å². The molecule has 298 valence electrons. The van der Waals surface area contributed by atoms with Crippen molar-refractivity contribution in [3.63, 3.8) is 0 Å². The summed E-state index contributed by atoms with van der Waals surface area (Å²) in [4.78, 5) is 17.5. The third-order valence-corrected chi connectivity index (χ3v) is 12.8. The van der Waals surface area contributed by atoms with Crippen molar-refractivity contribution in [2.24, 2.45) is 27.3 Å². The lowest BCUT2D eigenvalue weighted by molar-refractivity contribution is -0.307. The molecule has 0 bridgehead atoms. The summed E-state index contributed by atoms with van der Waals surface area (Å²) in [6, 6.07) is 16.3. The van der Waals surface area contributed by atoms with Crippen LogP contribution in [-0.2, 0) is 17.6 Å². The van der Waals surface area contributed by atoms with E-state index in [4.69, 9.17) is 16.2 Å². The van der Waals surface area contributed by atoms with E-state index in [0.717, 1.165) is 22.3 Å². The Kier molecular flexibility index (Phi) is 12.4. The summed E-state index contributed by atoms with van der Waals surface area (Å²) in [6.45, 7) is 2.71. The minimum absolute atomic E-state index is 0.0335. The summed E-state index contributed by atoms with van der Waals surface area (Å²) >= 11 is 0. The lowest BCUT2D eigenvalue weighted by Crippen LogP contribution is -2.21. The molecule has 4 aliphatic rings. The van der Waals surface area contributed by atoms with E-state index >= 15 is 0 Å². The van der Waals surface area contributed by atoms with Crippen LogP contribution in [0.4, 0.5) is 0 Å². The summed E-state index contributed by atoms with van der Waals surface area (Å²) in [5, 5.41) is 35.6. The SMILES string of the molecule is CC1(CCC2(C=CC(=O)CCc3ccc(O)c(OCCc4ccc(O)c(C5CC([O-])=C6C=CN=C6CC#Cc6cc(C(N)N)ccc65)c4)c3)CCCC2)CCCC1. The van der Waals surface area contributed by atoms with Gasteiger partial charge in [0.05, 0.1) is 24.9 Å². The zero-order valence-corrected chi connectivity index (χ0v) is 33.2. The Morgan fingerprint density at radius 3 is 2.46 bits per heavy atom. The van der Waals surface area contributed by atoms with Crippen molar-refractivity contribution in [2.45, 2.75) is 115 Å². The molecule has 0 amide bonds. The summed E-state index contributed by atoms with van der Waals surface area (Å²) < 4.78 is 6.10. The van der Waals surface area contributed by atoms with Crippen LogP contribution in [-0.4, -0.2) is 28.3 Å². The van der Waals surface area contributed by atoms with Gasteiger partial charge in [0, 0.05) is 36.1 Å². The molecule has 1 heterocycles. The van der Waals surface area contributed by atoms with Gasteiger partial charge in [-0.3, -0.25) is 9.79 Å². The third kappa shape index (κ3) is 9.72. The summed E-state index contributed by atoms with van der Waals surface area (Å²) in [6.07, 6.45) is 21.3. The maximum atomic E-state index is 13.7. The molecule has 0 radical (unpaired) electrons. The topological polar surface area (TPSA) is 154 Å². The first-order chi connectivity index (χ1) is 27.5. The van der Waals surface area contributed by atoms with E-state index in [9.17, 15) is 20.1 Å². The molecule has 0 aromatic heterocycles. The number of allylic oxidation sites excluding steroid dienone is 5. The third-order valence-electron chi connectivity index (χ3n) is 12.8. The number of fused-ring (bicyclic) bond motifs is 2. The molecule has 1 atom stereocenters. The monoisotopic (exact) mass is 766 g/mol. The van der Waals surface area contributed by atoms with Crippen LogP contribution >= 0.6 is 0 Å². The van der Waals surface area contributed by atoms with Crippen LogP contribution in [0.3, 0.4) is 0 Å². The Morgan fingerprint density at radius 1 is 0.947 bits per heavy atom. The molecule has 1 unspecified atom stereocenters. The van der Waals surface area contributed by atoms with Crippen LogP contribution in [0, 0.1) is 22.7 Å². The Labute approximate surface area is 337 Å². The number of benzene rings is 3. The zero-order chi connectivity index (χ0) is 40.0. The van der Waals surface area contributed by atoms with Crippen LogP contribution in [0.25, 0.3) is 0 Å².